The standard InChI is InChI=1S/C36H34N2O7/c1-44-27-15-22(39)16-28(45-2)32(27)30-23-13-14-24-29(35(42)37(33(24)40)18-20-9-5-3-6-10-20)25(23)17-26-31(30)36(43)38(34(26)41)19-21-11-7-4-8-12-21/h3-13,15-16,24-26,29-31,39H,14,17-19H2,1-2H3/t24-,25+,26+,29-,30-,31+/m0/s1. The quantitative estimate of drug-likeness (QED) is 0.312. The highest BCUT2D eigenvalue weighted by molar-refractivity contribution is 6.08. The number of fused-ring (bicyclic) bond motifs is 4. The van der Waals surface area contributed by atoms with Gasteiger partial charge in [0.2, 0.25) is 23.6 Å². The summed E-state index contributed by atoms with van der Waals surface area (Å²) in [5, 5.41) is 10.4. The predicted molar refractivity (Wildman–Crippen MR) is 163 cm³/mol. The van der Waals surface area contributed by atoms with Crippen LogP contribution in [0.15, 0.2) is 84.4 Å². The molecule has 9 heteroatoms. The first-order valence-electron chi connectivity index (χ1n) is 15.3. The van der Waals surface area contributed by atoms with Crippen LogP contribution in [0.1, 0.15) is 35.4 Å². The highest BCUT2D eigenvalue weighted by atomic mass is 16.5. The Bertz CT molecular complexity index is 1690. The van der Waals surface area contributed by atoms with Crippen molar-refractivity contribution >= 4 is 23.6 Å². The van der Waals surface area contributed by atoms with Crippen LogP contribution in [0.2, 0.25) is 0 Å². The molecular weight excluding hydrogens is 572 g/mol. The second-order valence-electron chi connectivity index (χ2n) is 12.3. The van der Waals surface area contributed by atoms with Crippen LogP contribution in [-0.4, -0.2) is 52.8 Å². The lowest BCUT2D eigenvalue weighted by Gasteiger charge is -2.44. The van der Waals surface area contributed by atoms with Crippen molar-refractivity contribution in [2.45, 2.75) is 31.8 Å². The highest BCUT2D eigenvalue weighted by Crippen LogP contribution is 2.60. The molecule has 4 amide bonds. The van der Waals surface area contributed by atoms with Crippen molar-refractivity contribution in [3.63, 3.8) is 0 Å². The molecule has 0 radical (unpaired) electrons. The number of aromatic hydroxyl groups is 1. The number of hydrogen-bond donors (Lipinski definition) is 1. The molecule has 1 N–H and O–H groups in total. The summed E-state index contributed by atoms with van der Waals surface area (Å²) in [4.78, 5) is 58.9. The maximum Gasteiger partial charge on any atom is 0.234 e. The molecule has 45 heavy (non-hydrogen) atoms. The van der Waals surface area contributed by atoms with Gasteiger partial charge >= 0.3 is 0 Å². The number of phenols is 1. The SMILES string of the molecule is COc1cc(O)cc(OC)c1[C@H]1C2=CC[C@@H]3C(=O)N(Cc4ccccc4)C(=O)[C@@H]3[C@@H]2C[C@H]2C(=O)N(Cc3ccccc3)C(=O)[C@@H]12. The molecule has 230 valence electrons. The summed E-state index contributed by atoms with van der Waals surface area (Å²) in [5.41, 5.74) is 3.08. The number of hydrogen-bond acceptors (Lipinski definition) is 7. The van der Waals surface area contributed by atoms with Crippen LogP contribution in [0.5, 0.6) is 17.2 Å². The highest BCUT2D eigenvalue weighted by Gasteiger charge is 2.62. The van der Waals surface area contributed by atoms with E-state index in [4.69, 9.17) is 9.47 Å². The zero-order chi connectivity index (χ0) is 31.4. The summed E-state index contributed by atoms with van der Waals surface area (Å²) in [5.74, 6) is -4.22. The lowest BCUT2D eigenvalue weighted by molar-refractivity contribution is -0.142. The Kier molecular flexibility index (Phi) is 7.19. The molecule has 2 heterocycles. The molecule has 3 aromatic rings. The lowest BCUT2D eigenvalue weighted by atomic mass is 9.57. The molecular formula is C36H34N2O7. The number of amides is 4. The summed E-state index contributed by atoms with van der Waals surface area (Å²) in [6.07, 6.45) is 2.62. The number of nitrogens with zero attached hydrogens (tertiary/aromatic N) is 2. The van der Waals surface area contributed by atoms with Crippen LogP contribution >= 0.6 is 0 Å². The first-order chi connectivity index (χ1) is 21.8. The Labute approximate surface area is 261 Å². The van der Waals surface area contributed by atoms with Crippen LogP contribution in [0.4, 0.5) is 0 Å². The smallest absolute Gasteiger partial charge is 0.234 e. The van der Waals surface area contributed by atoms with Crippen LogP contribution in [0.3, 0.4) is 0 Å². The number of likely N-dealkylation sites (tertiary alicyclic amines) is 2. The summed E-state index contributed by atoms with van der Waals surface area (Å²) in [6, 6.07) is 21.7. The summed E-state index contributed by atoms with van der Waals surface area (Å²) in [6.45, 7) is 0.324. The van der Waals surface area contributed by atoms with E-state index in [2.05, 4.69) is 0 Å². The number of allylic oxidation sites excluding steroid dienone is 2. The largest absolute Gasteiger partial charge is 0.508 e. The average Bonchev–Trinajstić information content (AvgIpc) is 3.44. The minimum Gasteiger partial charge on any atom is -0.508 e. The second-order valence-corrected chi connectivity index (χ2v) is 12.3. The first-order valence-corrected chi connectivity index (χ1v) is 15.3. The Hall–Kier alpha value is -4.92. The third-order valence-corrected chi connectivity index (χ3v) is 10.0. The van der Waals surface area contributed by atoms with Gasteiger partial charge in [-0.2, -0.15) is 0 Å². The van der Waals surface area contributed by atoms with Crippen molar-refractivity contribution < 1.29 is 33.8 Å². The van der Waals surface area contributed by atoms with Gasteiger partial charge in [0.1, 0.15) is 17.2 Å². The van der Waals surface area contributed by atoms with Gasteiger partial charge in [0.25, 0.3) is 0 Å². The first kappa shape index (κ1) is 28.8. The fourth-order valence-electron chi connectivity index (χ4n) is 8.12. The molecule has 4 aliphatic rings. The van der Waals surface area contributed by atoms with Gasteiger partial charge in [-0.25, -0.2) is 0 Å². The van der Waals surface area contributed by atoms with Crippen LogP contribution in [0.25, 0.3) is 0 Å². The van der Waals surface area contributed by atoms with Gasteiger partial charge < -0.3 is 14.6 Å². The van der Waals surface area contributed by atoms with Crippen molar-refractivity contribution in [1.29, 1.82) is 0 Å². The molecule has 0 bridgehead atoms. The van der Waals surface area contributed by atoms with E-state index in [-0.39, 0.29) is 48.9 Å². The Morgan fingerprint density at radius 1 is 0.689 bits per heavy atom. The van der Waals surface area contributed by atoms with E-state index in [1.807, 2.05) is 66.7 Å². The third-order valence-electron chi connectivity index (χ3n) is 10.0. The number of carbonyl (C=O) groups is 4. The minimum absolute atomic E-state index is 0.0679. The molecule has 6 atom stereocenters. The van der Waals surface area contributed by atoms with E-state index in [0.29, 0.717) is 23.5 Å². The topological polar surface area (TPSA) is 113 Å². The molecule has 0 unspecified atom stereocenters. The molecule has 7 rings (SSSR count). The second kappa shape index (κ2) is 11.2. The Morgan fingerprint density at radius 2 is 1.20 bits per heavy atom. The number of rotatable bonds is 7. The lowest BCUT2D eigenvalue weighted by Crippen LogP contribution is -2.43. The summed E-state index contributed by atoms with van der Waals surface area (Å²) in [7, 11) is 2.95. The fourth-order valence-corrected chi connectivity index (χ4v) is 8.12. The van der Waals surface area contributed by atoms with Crippen LogP contribution < -0.4 is 9.47 Å². The minimum atomic E-state index is -0.764. The molecule has 2 saturated heterocycles. The van der Waals surface area contributed by atoms with Gasteiger partial charge in [-0.15, -0.1) is 0 Å². The van der Waals surface area contributed by atoms with Gasteiger partial charge in [-0.3, -0.25) is 29.0 Å². The number of carbonyl (C=O) groups excluding carboxylic acids is 4. The summed E-state index contributed by atoms with van der Waals surface area (Å²) >= 11 is 0. The molecule has 2 aliphatic heterocycles. The van der Waals surface area contributed by atoms with Crippen molar-refractivity contribution in [3.05, 3.63) is 101 Å². The van der Waals surface area contributed by atoms with E-state index in [9.17, 15) is 24.3 Å². The predicted octanol–water partition coefficient (Wildman–Crippen LogP) is 4.45. The van der Waals surface area contributed by atoms with Gasteiger partial charge in [0.15, 0.2) is 0 Å². The van der Waals surface area contributed by atoms with E-state index in [1.54, 1.807) is 0 Å². The molecule has 0 spiro atoms. The van der Waals surface area contributed by atoms with E-state index < -0.39 is 35.5 Å². The number of methoxy groups -OCH3 is 2. The van der Waals surface area contributed by atoms with Crippen LogP contribution in [0, 0.1) is 29.6 Å². The third kappa shape index (κ3) is 4.60. The van der Waals surface area contributed by atoms with Crippen molar-refractivity contribution in [2.24, 2.45) is 29.6 Å². The normalized spacial score (nSPS) is 27.2. The average molecular weight is 607 g/mol. The van der Waals surface area contributed by atoms with Crippen molar-refractivity contribution in [2.75, 3.05) is 14.2 Å². The van der Waals surface area contributed by atoms with Crippen molar-refractivity contribution in [1.82, 2.24) is 9.80 Å². The van der Waals surface area contributed by atoms with Gasteiger partial charge in [-0.05, 0) is 29.9 Å². The number of imide groups is 2. The van der Waals surface area contributed by atoms with Gasteiger partial charge in [0, 0.05) is 23.6 Å². The number of benzene rings is 3. The van der Waals surface area contributed by atoms with E-state index in [0.717, 1.165) is 16.7 Å². The molecule has 3 fully saturated rings. The number of phenolic OH excluding ortho intramolecular Hbond substituents is 1. The van der Waals surface area contributed by atoms with Gasteiger partial charge in [0.05, 0.1) is 51.0 Å². The zero-order valence-electron chi connectivity index (χ0n) is 25.1. The Balaban J connectivity index is 1.33. The molecule has 2 aliphatic carbocycles. The van der Waals surface area contributed by atoms with Crippen LogP contribution in [-0.2, 0) is 32.3 Å². The molecule has 3 aromatic carbocycles. The Morgan fingerprint density at radius 3 is 1.73 bits per heavy atom. The fraction of sp³-hybridized carbons (Fsp3) is 0.333. The van der Waals surface area contributed by atoms with Crippen molar-refractivity contribution in [3.8, 4) is 17.2 Å². The number of ether oxygens (including phenoxy) is 2. The van der Waals surface area contributed by atoms with Gasteiger partial charge in [-0.1, -0.05) is 72.3 Å². The zero-order valence-corrected chi connectivity index (χ0v) is 25.1. The van der Waals surface area contributed by atoms with E-state index in [1.165, 1.54) is 36.2 Å². The van der Waals surface area contributed by atoms with E-state index >= 15 is 0 Å². The molecule has 1 saturated carbocycles. The monoisotopic (exact) mass is 606 g/mol. The summed E-state index contributed by atoms with van der Waals surface area (Å²) < 4.78 is 11.5. The maximum atomic E-state index is 14.3. The maximum absolute atomic E-state index is 14.3. The molecule has 0 aromatic heterocycles. The molecule has 9 nitrogen and oxygen atoms in total.